The Kier molecular flexibility index (Phi) is 5.07. The molecular formula is C10H18N2OS. The fraction of sp³-hybridized carbons (Fsp3) is 0.700. The summed E-state index contributed by atoms with van der Waals surface area (Å²) in [5, 5.41) is 3.33. The molecule has 80 valence electrons. The predicted molar refractivity (Wildman–Crippen MR) is 59.6 cm³/mol. The monoisotopic (exact) mass is 214 g/mol. The maximum atomic E-state index is 5.42. The van der Waals surface area contributed by atoms with E-state index in [-0.39, 0.29) is 0 Å². The molecule has 0 bridgehead atoms. The van der Waals surface area contributed by atoms with Gasteiger partial charge >= 0.3 is 0 Å². The Balaban J connectivity index is 2.08. The fourth-order valence-corrected chi connectivity index (χ4v) is 1.81. The van der Waals surface area contributed by atoms with E-state index in [1.165, 1.54) is 4.88 Å². The number of ether oxygens (including phenoxy) is 1. The summed E-state index contributed by atoms with van der Waals surface area (Å²) in [5.74, 6) is 0. The topological polar surface area (TPSA) is 34.2 Å². The van der Waals surface area contributed by atoms with Crippen LogP contribution in [0.4, 0.5) is 0 Å². The zero-order valence-electron chi connectivity index (χ0n) is 9.04. The highest BCUT2D eigenvalue weighted by atomic mass is 32.1. The molecule has 14 heavy (non-hydrogen) atoms. The van der Waals surface area contributed by atoms with Gasteiger partial charge in [0.2, 0.25) is 0 Å². The van der Waals surface area contributed by atoms with Crippen LogP contribution < -0.4 is 5.32 Å². The van der Waals surface area contributed by atoms with Crippen LogP contribution in [-0.4, -0.2) is 24.2 Å². The summed E-state index contributed by atoms with van der Waals surface area (Å²) in [6, 6.07) is 0. The van der Waals surface area contributed by atoms with E-state index < -0.39 is 0 Å². The van der Waals surface area contributed by atoms with Gasteiger partial charge in [0.05, 0.1) is 23.9 Å². The first kappa shape index (κ1) is 11.6. The molecule has 0 radical (unpaired) electrons. The molecule has 0 unspecified atom stereocenters. The maximum absolute atomic E-state index is 5.42. The SMILES string of the molecule is Cc1ncsc1CNCCOC(C)C. The van der Waals surface area contributed by atoms with E-state index in [1.807, 2.05) is 26.3 Å². The lowest BCUT2D eigenvalue weighted by atomic mass is 10.4. The van der Waals surface area contributed by atoms with E-state index in [4.69, 9.17) is 4.74 Å². The number of aryl methyl sites for hydroxylation is 1. The molecule has 0 amide bonds. The van der Waals surface area contributed by atoms with Gasteiger partial charge < -0.3 is 10.1 Å². The average molecular weight is 214 g/mol. The highest BCUT2D eigenvalue weighted by molar-refractivity contribution is 7.09. The van der Waals surface area contributed by atoms with Crippen molar-refractivity contribution in [1.29, 1.82) is 0 Å². The van der Waals surface area contributed by atoms with Crippen LogP contribution in [-0.2, 0) is 11.3 Å². The molecule has 1 aromatic rings. The molecule has 3 nitrogen and oxygen atoms in total. The van der Waals surface area contributed by atoms with Crippen molar-refractivity contribution in [3.8, 4) is 0 Å². The fourth-order valence-electron chi connectivity index (χ4n) is 1.06. The highest BCUT2D eigenvalue weighted by Crippen LogP contribution is 2.10. The molecule has 0 saturated carbocycles. The largest absolute Gasteiger partial charge is 0.377 e. The Morgan fingerprint density at radius 3 is 2.93 bits per heavy atom. The summed E-state index contributed by atoms with van der Waals surface area (Å²) in [6.45, 7) is 8.71. The summed E-state index contributed by atoms with van der Waals surface area (Å²) >= 11 is 1.70. The predicted octanol–water partition coefficient (Wildman–Crippen LogP) is 1.97. The van der Waals surface area contributed by atoms with Crippen LogP contribution >= 0.6 is 11.3 Å². The van der Waals surface area contributed by atoms with E-state index in [0.29, 0.717) is 6.10 Å². The standard InChI is InChI=1S/C10H18N2OS/c1-8(2)13-5-4-11-6-10-9(3)12-7-14-10/h7-8,11H,4-6H2,1-3H3. The minimum absolute atomic E-state index is 0.321. The Morgan fingerprint density at radius 1 is 1.57 bits per heavy atom. The minimum atomic E-state index is 0.321. The molecule has 1 rings (SSSR count). The molecule has 1 N–H and O–H groups in total. The quantitative estimate of drug-likeness (QED) is 0.735. The molecule has 0 aliphatic carbocycles. The Bertz CT molecular complexity index is 260. The van der Waals surface area contributed by atoms with Crippen molar-refractivity contribution in [2.24, 2.45) is 0 Å². The Labute approximate surface area is 89.5 Å². The van der Waals surface area contributed by atoms with Crippen molar-refractivity contribution in [2.75, 3.05) is 13.2 Å². The van der Waals surface area contributed by atoms with Crippen LogP contribution in [0.15, 0.2) is 5.51 Å². The van der Waals surface area contributed by atoms with Gasteiger partial charge in [-0.05, 0) is 20.8 Å². The maximum Gasteiger partial charge on any atom is 0.0798 e. The lowest BCUT2D eigenvalue weighted by Gasteiger charge is -2.07. The zero-order chi connectivity index (χ0) is 10.4. The van der Waals surface area contributed by atoms with Gasteiger partial charge in [-0.3, -0.25) is 0 Å². The van der Waals surface area contributed by atoms with Crippen LogP contribution in [0.5, 0.6) is 0 Å². The van der Waals surface area contributed by atoms with E-state index in [2.05, 4.69) is 10.3 Å². The van der Waals surface area contributed by atoms with Crippen molar-refractivity contribution in [3.63, 3.8) is 0 Å². The number of aromatic nitrogens is 1. The second kappa shape index (κ2) is 6.11. The summed E-state index contributed by atoms with van der Waals surface area (Å²) in [4.78, 5) is 5.51. The molecule has 0 spiro atoms. The van der Waals surface area contributed by atoms with Crippen molar-refractivity contribution < 1.29 is 4.74 Å². The van der Waals surface area contributed by atoms with Gasteiger partial charge in [-0.2, -0.15) is 0 Å². The van der Waals surface area contributed by atoms with E-state index in [1.54, 1.807) is 11.3 Å². The number of hydrogen-bond donors (Lipinski definition) is 1. The molecule has 1 heterocycles. The van der Waals surface area contributed by atoms with Gasteiger partial charge in [0.25, 0.3) is 0 Å². The number of hydrogen-bond acceptors (Lipinski definition) is 4. The third-order valence-electron chi connectivity index (χ3n) is 1.86. The molecule has 0 saturated heterocycles. The van der Waals surface area contributed by atoms with Gasteiger partial charge in [0, 0.05) is 18.0 Å². The van der Waals surface area contributed by atoms with Gasteiger partial charge in [-0.25, -0.2) is 4.98 Å². The Hall–Kier alpha value is -0.450. The molecule has 0 fully saturated rings. The van der Waals surface area contributed by atoms with Gasteiger partial charge in [-0.1, -0.05) is 0 Å². The molecule has 1 aromatic heterocycles. The molecule has 4 heteroatoms. The highest BCUT2D eigenvalue weighted by Gasteiger charge is 1.99. The summed E-state index contributed by atoms with van der Waals surface area (Å²) in [5.41, 5.74) is 3.02. The first-order valence-corrected chi connectivity index (χ1v) is 5.79. The van der Waals surface area contributed by atoms with Crippen LogP contribution in [0.1, 0.15) is 24.4 Å². The van der Waals surface area contributed by atoms with Gasteiger partial charge in [0.15, 0.2) is 0 Å². The lowest BCUT2D eigenvalue weighted by molar-refractivity contribution is 0.0807. The molecule has 0 aliphatic rings. The average Bonchev–Trinajstić information content (AvgIpc) is 2.51. The summed E-state index contributed by atoms with van der Waals surface area (Å²) in [7, 11) is 0. The minimum Gasteiger partial charge on any atom is -0.377 e. The number of thiazole rings is 1. The number of nitrogens with one attached hydrogen (secondary N) is 1. The van der Waals surface area contributed by atoms with Crippen molar-refractivity contribution in [3.05, 3.63) is 16.1 Å². The summed E-state index contributed by atoms with van der Waals surface area (Å²) < 4.78 is 5.42. The first-order valence-electron chi connectivity index (χ1n) is 4.91. The molecule has 0 atom stereocenters. The van der Waals surface area contributed by atoms with E-state index >= 15 is 0 Å². The van der Waals surface area contributed by atoms with E-state index in [9.17, 15) is 0 Å². The van der Waals surface area contributed by atoms with Crippen LogP contribution in [0.3, 0.4) is 0 Å². The molecular weight excluding hydrogens is 196 g/mol. The number of rotatable bonds is 6. The van der Waals surface area contributed by atoms with Gasteiger partial charge in [0.1, 0.15) is 0 Å². The van der Waals surface area contributed by atoms with Gasteiger partial charge in [-0.15, -0.1) is 11.3 Å². The smallest absolute Gasteiger partial charge is 0.0798 e. The number of nitrogens with zero attached hydrogens (tertiary/aromatic N) is 1. The molecule has 0 aliphatic heterocycles. The van der Waals surface area contributed by atoms with Crippen LogP contribution in [0.25, 0.3) is 0 Å². The summed E-state index contributed by atoms with van der Waals surface area (Å²) in [6.07, 6.45) is 0.321. The van der Waals surface area contributed by atoms with Crippen molar-refractivity contribution in [1.82, 2.24) is 10.3 Å². The second-order valence-corrected chi connectivity index (χ2v) is 4.40. The van der Waals surface area contributed by atoms with Crippen molar-refractivity contribution in [2.45, 2.75) is 33.4 Å². The van der Waals surface area contributed by atoms with Crippen LogP contribution in [0, 0.1) is 6.92 Å². The first-order chi connectivity index (χ1) is 6.70. The molecule has 0 aromatic carbocycles. The van der Waals surface area contributed by atoms with Crippen LogP contribution in [0.2, 0.25) is 0 Å². The van der Waals surface area contributed by atoms with E-state index in [0.717, 1.165) is 25.4 Å². The second-order valence-electron chi connectivity index (χ2n) is 3.46. The Morgan fingerprint density at radius 2 is 2.36 bits per heavy atom. The lowest BCUT2D eigenvalue weighted by Crippen LogP contribution is -2.20. The third kappa shape index (κ3) is 4.17. The zero-order valence-corrected chi connectivity index (χ0v) is 9.86. The normalized spacial score (nSPS) is 11.1. The van der Waals surface area contributed by atoms with Crippen molar-refractivity contribution >= 4 is 11.3 Å². The third-order valence-corrected chi connectivity index (χ3v) is 2.80.